The van der Waals surface area contributed by atoms with Crippen LogP contribution in [0.3, 0.4) is 0 Å². The number of methoxy groups -OCH3 is 1. The molecule has 150 valence electrons. The Hall–Kier alpha value is -2.53. The van der Waals surface area contributed by atoms with E-state index in [4.69, 9.17) is 0 Å². The van der Waals surface area contributed by atoms with Gasteiger partial charge in [-0.05, 0) is 48.8 Å². The van der Waals surface area contributed by atoms with Gasteiger partial charge in [0.1, 0.15) is 11.4 Å². The number of Topliss-reactive ketones (excluding diaryl/α,β-unsaturated/α-hetero) is 1. The number of aliphatic hydroxyl groups is 1. The number of hydrogen-bond acceptors (Lipinski definition) is 4. The molecule has 4 nitrogen and oxygen atoms in total. The van der Waals surface area contributed by atoms with E-state index in [-0.39, 0.29) is 24.4 Å². The molecule has 1 aliphatic rings. The van der Waals surface area contributed by atoms with Crippen LogP contribution in [0.5, 0.6) is 0 Å². The maximum Gasteiger partial charge on any atom is 0.330 e. The first-order chi connectivity index (χ1) is 13.0. The van der Waals surface area contributed by atoms with Crippen molar-refractivity contribution in [2.75, 3.05) is 7.11 Å². The first-order valence-electron chi connectivity index (χ1n) is 9.16. The molecular formula is C23H27FO4. The maximum atomic E-state index is 13.5. The van der Waals surface area contributed by atoms with E-state index in [1.807, 2.05) is 13.8 Å². The molecule has 0 spiro atoms. The fraction of sp³-hybridized carbons (Fsp3) is 0.391. The van der Waals surface area contributed by atoms with Crippen LogP contribution in [0.1, 0.15) is 39.7 Å². The van der Waals surface area contributed by atoms with Gasteiger partial charge in [-0.2, -0.15) is 0 Å². The van der Waals surface area contributed by atoms with Gasteiger partial charge in [-0.1, -0.05) is 32.1 Å². The quantitative estimate of drug-likeness (QED) is 0.470. The van der Waals surface area contributed by atoms with E-state index in [1.54, 1.807) is 38.1 Å². The number of ether oxygens (including phenoxy) is 1. The van der Waals surface area contributed by atoms with E-state index in [0.717, 1.165) is 0 Å². The van der Waals surface area contributed by atoms with E-state index in [9.17, 15) is 19.1 Å². The molecule has 0 aliphatic heterocycles. The Kier molecular flexibility index (Phi) is 6.40. The van der Waals surface area contributed by atoms with Crippen LogP contribution in [-0.4, -0.2) is 29.6 Å². The van der Waals surface area contributed by atoms with Gasteiger partial charge in [-0.3, -0.25) is 4.79 Å². The van der Waals surface area contributed by atoms with Crippen LogP contribution >= 0.6 is 0 Å². The smallest absolute Gasteiger partial charge is 0.330 e. The normalized spacial score (nSPS) is 22.7. The van der Waals surface area contributed by atoms with Gasteiger partial charge >= 0.3 is 5.97 Å². The predicted octanol–water partition coefficient (Wildman–Crippen LogP) is 4.09. The van der Waals surface area contributed by atoms with Crippen molar-refractivity contribution < 1.29 is 23.8 Å². The van der Waals surface area contributed by atoms with Crippen molar-refractivity contribution >= 4 is 11.8 Å². The van der Waals surface area contributed by atoms with E-state index < -0.39 is 17.0 Å². The molecule has 0 radical (unpaired) electrons. The third kappa shape index (κ3) is 4.47. The second-order valence-corrected chi connectivity index (χ2v) is 7.91. The zero-order valence-electron chi connectivity index (χ0n) is 17.0. The van der Waals surface area contributed by atoms with Crippen LogP contribution < -0.4 is 0 Å². The van der Waals surface area contributed by atoms with Gasteiger partial charge < -0.3 is 9.84 Å². The Balaban J connectivity index is 2.47. The SMILES string of the molecule is COC(=O)/C=C(C)\C=C\[C@@]1(O)C(C)=C(Cc2cccc(F)c2)C(=O)CC1(C)C. The van der Waals surface area contributed by atoms with Crippen molar-refractivity contribution in [2.24, 2.45) is 5.41 Å². The average Bonchev–Trinajstić information content (AvgIpc) is 2.61. The highest BCUT2D eigenvalue weighted by molar-refractivity contribution is 5.98. The minimum atomic E-state index is -1.38. The van der Waals surface area contributed by atoms with E-state index in [0.29, 0.717) is 22.3 Å². The van der Waals surface area contributed by atoms with Crippen molar-refractivity contribution in [3.8, 4) is 0 Å². The summed E-state index contributed by atoms with van der Waals surface area (Å²) < 4.78 is 18.1. The summed E-state index contributed by atoms with van der Waals surface area (Å²) in [6.07, 6.45) is 5.02. The lowest BCUT2D eigenvalue weighted by Gasteiger charge is -2.46. The molecule has 0 aromatic heterocycles. The molecule has 0 saturated carbocycles. The van der Waals surface area contributed by atoms with Crippen molar-refractivity contribution in [1.82, 2.24) is 0 Å². The summed E-state index contributed by atoms with van der Waals surface area (Å²) in [6, 6.07) is 6.11. The topological polar surface area (TPSA) is 63.6 Å². The second-order valence-electron chi connectivity index (χ2n) is 7.91. The average molecular weight is 386 g/mol. The summed E-state index contributed by atoms with van der Waals surface area (Å²) in [7, 11) is 1.30. The first kappa shape index (κ1) is 21.8. The number of hydrogen-bond donors (Lipinski definition) is 1. The molecule has 1 aromatic carbocycles. The van der Waals surface area contributed by atoms with E-state index >= 15 is 0 Å². The van der Waals surface area contributed by atoms with Crippen LogP contribution in [-0.2, 0) is 20.7 Å². The number of rotatable bonds is 5. The Bertz CT molecular complexity index is 876. The summed E-state index contributed by atoms with van der Waals surface area (Å²) >= 11 is 0. The molecule has 28 heavy (non-hydrogen) atoms. The highest BCUT2D eigenvalue weighted by Gasteiger charge is 2.49. The first-order valence-corrected chi connectivity index (χ1v) is 9.16. The summed E-state index contributed by atoms with van der Waals surface area (Å²) in [4.78, 5) is 24.2. The van der Waals surface area contributed by atoms with E-state index in [2.05, 4.69) is 4.74 Å². The third-order valence-corrected chi connectivity index (χ3v) is 5.40. The van der Waals surface area contributed by atoms with Gasteiger partial charge in [-0.15, -0.1) is 0 Å². The number of carbonyl (C=O) groups excluding carboxylic acids is 2. The molecule has 0 fully saturated rings. The van der Waals surface area contributed by atoms with Gasteiger partial charge in [0, 0.05) is 29.9 Å². The van der Waals surface area contributed by atoms with Crippen molar-refractivity contribution in [3.63, 3.8) is 0 Å². The molecule has 1 aromatic rings. The third-order valence-electron chi connectivity index (χ3n) is 5.40. The van der Waals surface area contributed by atoms with Gasteiger partial charge in [0.05, 0.1) is 7.11 Å². The fourth-order valence-corrected chi connectivity index (χ4v) is 3.57. The molecule has 1 N–H and O–H groups in total. The van der Waals surface area contributed by atoms with Gasteiger partial charge in [-0.25, -0.2) is 9.18 Å². The summed E-state index contributed by atoms with van der Waals surface area (Å²) in [5.74, 6) is -0.893. The Morgan fingerprint density at radius 2 is 2.04 bits per heavy atom. The van der Waals surface area contributed by atoms with Crippen LogP contribution in [0.15, 0.2) is 59.2 Å². The lowest BCUT2D eigenvalue weighted by Crippen LogP contribution is -2.49. The van der Waals surface area contributed by atoms with Crippen molar-refractivity contribution in [1.29, 1.82) is 0 Å². The number of halogens is 1. The molecule has 0 saturated heterocycles. The highest BCUT2D eigenvalue weighted by Crippen LogP contribution is 2.47. The predicted molar refractivity (Wildman–Crippen MR) is 106 cm³/mol. The minimum Gasteiger partial charge on any atom is -0.466 e. The van der Waals surface area contributed by atoms with Crippen LogP contribution in [0.2, 0.25) is 0 Å². The number of ketones is 1. The molecular weight excluding hydrogens is 359 g/mol. The monoisotopic (exact) mass is 386 g/mol. The minimum absolute atomic E-state index is 0.0494. The maximum absolute atomic E-state index is 13.5. The molecule has 5 heteroatoms. The molecule has 0 bridgehead atoms. The summed E-state index contributed by atoms with van der Waals surface area (Å²) in [6.45, 7) is 7.12. The number of allylic oxidation sites excluding steroid dienone is 3. The van der Waals surface area contributed by atoms with Crippen LogP contribution in [0.25, 0.3) is 0 Å². The van der Waals surface area contributed by atoms with Crippen LogP contribution in [0.4, 0.5) is 4.39 Å². The standard InChI is InChI=1S/C23H27FO4/c1-15(11-21(26)28-5)9-10-23(27)16(2)19(20(25)14-22(23,3)4)13-17-7-6-8-18(24)12-17/h6-12,27H,13-14H2,1-5H3/b10-9+,15-11-/t23-/m1/s1. The van der Waals surface area contributed by atoms with Gasteiger partial charge in [0.15, 0.2) is 5.78 Å². The summed E-state index contributed by atoms with van der Waals surface area (Å²) in [5, 5.41) is 11.5. The van der Waals surface area contributed by atoms with Crippen molar-refractivity contribution in [3.05, 3.63) is 70.6 Å². The molecule has 1 atom stereocenters. The lowest BCUT2D eigenvalue weighted by atomic mass is 9.62. The Labute approximate surface area is 165 Å². The molecule has 2 rings (SSSR count). The molecule has 0 unspecified atom stereocenters. The van der Waals surface area contributed by atoms with Gasteiger partial charge in [0.2, 0.25) is 0 Å². The Morgan fingerprint density at radius 3 is 2.64 bits per heavy atom. The molecule has 0 heterocycles. The number of benzene rings is 1. The van der Waals surface area contributed by atoms with Crippen molar-refractivity contribution in [2.45, 2.75) is 46.1 Å². The summed E-state index contributed by atoms with van der Waals surface area (Å²) in [5.41, 5.74) is 0.214. The van der Waals surface area contributed by atoms with Crippen LogP contribution in [0, 0.1) is 11.2 Å². The number of carbonyl (C=O) groups is 2. The number of esters is 1. The zero-order valence-corrected chi connectivity index (χ0v) is 17.0. The Morgan fingerprint density at radius 1 is 1.36 bits per heavy atom. The lowest BCUT2D eigenvalue weighted by molar-refractivity contribution is -0.134. The van der Waals surface area contributed by atoms with Gasteiger partial charge in [0.25, 0.3) is 0 Å². The fourth-order valence-electron chi connectivity index (χ4n) is 3.57. The molecule has 0 amide bonds. The zero-order chi connectivity index (χ0) is 21.1. The largest absolute Gasteiger partial charge is 0.466 e. The van der Waals surface area contributed by atoms with E-state index in [1.165, 1.54) is 25.3 Å². The molecule has 1 aliphatic carbocycles. The second kappa shape index (κ2) is 8.23. The highest BCUT2D eigenvalue weighted by atomic mass is 19.1.